The van der Waals surface area contributed by atoms with Gasteiger partial charge in [0.1, 0.15) is 0 Å². The van der Waals surface area contributed by atoms with Gasteiger partial charge in [-0.1, -0.05) is 6.07 Å². The van der Waals surface area contributed by atoms with Gasteiger partial charge in [-0.05, 0) is 11.4 Å². The van der Waals surface area contributed by atoms with Crippen LogP contribution in [0.2, 0.25) is 0 Å². The minimum atomic E-state index is -0.759. The largest absolute Gasteiger partial charge is 0.481 e. The van der Waals surface area contributed by atoms with Crippen molar-refractivity contribution in [1.29, 1.82) is 0 Å². The zero-order chi connectivity index (χ0) is 15.1. The second kappa shape index (κ2) is 8.11. The number of nitrogens with one attached hydrogen (secondary N) is 1. The lowest BCUT2D eigenvalue weighted by molar-refractivity contribution is -0.137. The molecule has 1 aromatic rings. The van der Waals surface area contributed by atoms with Crippen molar-refractivity contribution in [3.05, 3.63) is 22.4 Å². The quantitative estimate of drug-likeness (QED) is 0.765. The van der Waals surface area contributed by atoms with Gasteiger partial charge in [-0.3, -0.25) is 14.5 Å². The van der Waals surface area contributed by atoms with Gasteiger partial charge in [0, 0.05) is 37.6 Å². The van der Waals surface area contributed by atoms with Crippen LogP contribution in [0.5, 0.6) is 0 Å². The molecule has 21 heavy (non-hydrogen) atoms. The molecule has 0 radical (unpaired) electrons. The van der Waals surface area contributed by atoms with Crippen LogP contribution < -0.4 is 5.32 Å². The molecule has 0 aromatic carbocycles. The Bertz CT molecular complexity index is 456. The van der Waals surface area contributed by atoms with Crippen LogP contribution in [0.25, 0.3) is 0 Å². The van der Waals surface area contributed by atoms with E-state index in [2.05, 4.69) is 15.1 Å². The molecule has 1 aliphatic heterocycles. The summed E-state index contributed by atoms with van der Waals surface area (Å²) in [5, 5.41) is 13.6. The third-order valence-electron chi connectivity index (χ3n) is 3.51. The van der Waals surface area contributed by atoms with Crippen molar-refractivity contribution in [1.82, 2.24) is 15.1 Å². The molecule has 116 valence electrons. The summed E-state index contributed by atoms with van der Waals surface area (Å²) in [4.78, 5) is 27.8. The molecule has 7 heteroatoms. The summed E-state index contributed by atoms with van der Waals surface area (Å²) in [6.07, 6.45) is 0.182. The van der Waals surface area contributed by atoms with E-state index in [1.54, 1.807) is 11.3 Å². The van der Waals surface area contributed by atoms with E-state index in [-0.39, 0.29) is 12.3 Å². The van der Waals surface area contributed by atoms with Crippen LogP contribution in [0, 0.1) is 0 Å². The molecule has 0 atom stereocenters. The highest BCUT2D eigenvalue weighted by Crippen LogP contribution is 2.07. The van der Waals surface area contributed by atoms with Crippen LogP contribution in [0.4, 0.5) is 0 Å². The number of aliphatic carboxylic acids is 1. The van der Waals surface area contributed by atoms with Crippen LogP contribution in [0.1, 0.15) is 11.3 Å². The first-order chi connectivity index (χ1) is 10.1. The maximum Gasteiger partial charge on any atom is 0.304 e. The topological polar surface area (TPSA) is 72.9 Å². The fraction of sp³-hybridized carbons (Fsp3) is 0.571. The molecular formula is C14H21N3O3S. The van der Waals surface area contributed by atoms with Gasteiger partial charge < -0.3 is 15.3 Å². The number of nitrogens with zero attached hydrogens (tertiary/aromatic N) is 2. The zero-order valence-electron chi connectivity index (χ0n) is 12.0. The SMILES string of the molecule is O=C(O)CCN1CCN(CC(=O)NCc2cccs2)CC1. The molecule has 1 aromatic heterocycles. The second-order valence-corrected chi connectivity index (χ2v) is 6.15. The van der Waals surface area contributed by atoms with E-state index in [1.807, 2.05) is 17.5 Å². The van der Waals surface area contributed by atoms with Gasteiger partial charge in [-0.15, -0.1) is 11.3 Å². The highest BCUT2D eigenvalue weighted by Gasteiger charge is 2.19. The average Bonchev–Trinajstić information content (AvgIpc) is 2.98. The summed E-state index contributed by atoms with van der Waals surface area (Å²) >= 11 is 1.64. The first-order valence-corrected chi connectivity index (χ1v) is 7.97. The first-order valence-electron chi connectivity index (χ1n) is 7.09. The number of hydrogen-bond acceptors (Lipinski definition) is 5. The molecule has 6 nitrogen and oxygen atoms in total. The van der Waals surface area contributed by atoms with Gasteiger partial charge in [-0.2, -0.15) is 0 Å². The lowest BCUT2D eigenvalue weighted by Gasteiger charge is -2.33. The number of piperazine rings is 1. The van der Waals surface area contributed by atoms with Gasteiger partial charge in [0.25, 0.3) is 0 Å². The summed E-state index contributed by atoms with van der Waals surface area (Å²) in [5.41, 5.74) is 0. The highest BCUT2D eigenvalue weighted by molar-refractivity contribution is 7.09. The Kier molecular flexibility index (Phi) is 6.16. The van der Waals surface area contributed by atoms with Crippen LogP contribution in [-0.2, 0) is 16.1 Å². The van der Waals surface area contributed by atoms with Crippen molar-refractivity contribution >= 4 is 23.2 Å². The van der Waals surface area contributed by atoms with Gasteiger partial charge in [0.2, 0.25) is 5.91 Å². The number of carbonyl (C=O) groups is 2. The molecule has 1 fully saturated rings. The molecule has 2 heterocycles. The Morgan fingerprint density at radius 2 is 1.95 bits per heavy atom. The molecule has 0 saturated carbocycles. The predicted octanol–water partition coefficient (Wildman–Crippen LogP) is 0.457. The molecule has 2 rings (SSSR count). The minimum Gasteiger partial charge on any atom is -0.481 e. The molecule has 0 aliphatic carbocycles. The third-order valence-corrected chi connectivity index (χ3v) is 4.39. The minimum absolute atomic E-state index is 0.0439. The Morgan fingerprint density at radius 3 is 2.57 bits per heavy atom. The summed E-state index contributed by atoms with van der Waals surface area (Å²) in [5.74, 6) is -0.715. The van der Waals surface area contributed by atoms with E-state index in [9.17, 15) is 9.59 Å². The molecule has 0 bridgehead atoms. The molecular weight excluding hydrogens is 290 g/mol. The number of amides is 1. The van der Waals surface area contributed by atoms with Crippen LogP contribution in [0.15, 0.2) is 17.5 Å². The molecule has 1 aliphatic rings. The zero-order valence-corrected chi connectivity index (χ0v) is 12.8. The van der Waals surface area contributed by atoms with Crippen molar-refractivity contribution < 1.29 is 14.7 Å². The maximum absolute atomic E-state index is 11.9. The van der Waals surface area contributed by atoms with E-state index in [1.165, 1.54) is 0 Å². The summed E-state index contributed by atoms with van der Waals surface area (Å²) in [7, 11) is 0. The summed E-state index contributed by atoms with van der Waals surface area (Å²) in [6.45, 7) is 4.87. The monoisotopic (exact) mass is 311 g/mol. The van der Waals surface area contributed by atoms with Crippen molar-refractivity contribution in [2.45, 2.75) is 13.0 Å². The van der Waals surface area contributed by atoms with E-state index >= 15 is 0 Å². The fourth-order valence-electron chi connectivity index (χ4n) is 2.28. The smallest absolute Gasteiger partial charge is 0.304 e. The van der Waals surface area contributed by atoms with E-state index in [4.69, 9.17) is 5.11 Å². The summed E-state index contributed by atoms with van der Waals surface area (Å²) < 4.78 is 0. The van der Waals surface area contributed by atoms with E-state index in [0.717, 1.165) is 31.1 Å². The lowest BCUT2D eigenvalue weighted by Crippen LogP contribution is -2.49. The number of thiophene rings is 1. The number of carboxylic acid groups (broad SMARTS) is 1. The number of rotatable bonds is 7. The Labute approximate surface area is 128 Å². The van der Waals surface area contributed by atoms with Crippen LogP contribution >= 0.6 is 11.3 Å². The van der Waals surface area contributed by atoms with Gasteiger partial charge in [0.05, 0.1) is 19.5 Å². The summed E-state index contributed by atoms with van der Waals surface area (Å²) in [6, 6.07) is 3.98. The number of carbonyl (C=O) groups excluding carboxylic acids is 1. The molecule has 2 N–H and O–H groups in total. The van der Waals surface area contributed by atoms with Crippen molar-refractivity contribution in [2.24, 2.45) is 0 Å². The van der Waals surface area contributed by atoms with Crippen LogP contribution in [-0.4, -0.2) is 66.1 Å². The third kappa shape index (κ3) is 5.82. The normalized spacial score (nSPS) is 16.8. The fourth-order valence-corrected chi connectivity index (χ4v) is 2.93. The molecule has 0 spiro atoms. The standard InChI is InChI=1S/C14H21N3O3S/c18-13(15-10-12-2-1-9-21-12)11-17-7-5-16(6-8-17)4-3-14(19)20/h1-2,9H,3-8,10-11H2,(H,15,18)(H,19,20). The van der Waals surface area contributed by atoms with E-state index < -0.39 is 5.97 Å². The van der Waals surface area contributed by atoms with Crippen molar-refractivity contribution in [3.8, 4) is 0 Å². The van der Waals surface area contributed by atoms with Crippen molar-refractivity contribution in [2.75, 3.05) is 39.3 Å². The second-order valence-electron chi connectivity index (χ2n) is 5.12. The van der Waals surface area contributed by atoms with Gasteiger partial charge in [0.15, 0.2) is 0 Å². The Hall–Kier alpha value is -1.44. The lowest BCUT2D eigenvalue weighted by atomic mass is 10.3. The number of hydrogen-bond donors (Lipinski definition) is 2. The maximum atomic E-state index is 11.9. The Balaban J connectivity index is 1.61. The highest BCUT2D eigenvalue weighted by atomic mass is 32.1. The van der Waals surface area contributed by atoms with E-state index in [0.29, 0.717) is 19.6 Å². The molecule has 0 unspecified atom stereocenters. The van der Waals surface area contributed by atoms with Crippen molar-refractivity contribution in [3.63, 3.8) is 0 Å². The molecule has 1 amide bonds. The number of carboxylic acids is 1. The van der Waals surface area contributed by atoms with Gasteiger partial charge >= 0.3 is 5.97 Å². The van der Waals surface area contributed by atoms with Crippen LogP contribution in [0.3, 0.4) is 0 Å². The Morgan fingerprint density at radius 1 is 1.24 bits per heavy atom. The first kappa shape index (κ1) is 15.9. The predicted molar refractivity (Wildman–Crippen MR) is 81.3 cm³/mol. The molecule has 1 saturated heterocycles. The van der Waals surface area contributed by atoms with Gasteiger partial charge in [-0.25, -0.2) is 0 Å². The average molecular weight is 311 g/mol.